The molecule has 4 nitrogen and oxygen atoms in total. The Bertz CT molecular complexity index is 542. The summed E-state index contributed by atoms with van der Waals surface area (Å²) in [7, 11) is 3.67. The molecule has 1 unspecified atom stereocenters. The van der Waals surface area contributed by atoms with Crippen LogP contribution in [0.25, 0.3) is 0 Å². The summed E-state index contributed by atoms with van der Waals surface area (Å²) in [4.78, 5) is 4.27. The van der Waals surface area contributed by atoms with Gasteiger partial charge in [-0.05, 0) is 24.7 Å². The third kappa shape index (κ3) is 3.08. The van der Waals surface area contributed by atoms with E-state index in [1.807, 2.05) is 23.9 Å². The number of halogens is 2. The molecule has 0 amide bonds. The highest BCUT2D eigenvalue weighted by Gasteiger charge is 2.17. The number of rotatable bonds is 5. The standard InChI is InChI=1S/C13H15F2N3O/c1-16-11(12-17-6-7-18(12)2)9-4-3-5-10(8-9)19-13(14)15/h3-8,11,13,16H,1-2H3. The van der Waals surface area contributed by atoms with Crippen molar-refractivity contribution in [3.63, 3.8) is 0 Å². The third-order valence-electron chi connectivity index (χ3n) is 2.82. The Morgan fingerprint density at radius 1 is 1.37 bits per heavy atom. The Balaban J connectivity index is 2.31. The first-order valence-corrected chi connectivity index (χ1v) is 5.81. The molecule has 0 saturated heterocycles. The zero-order chi connectivity index (χ0) is 13.8. The van der Waals surface area contributed by atoms with Gasteiger partial charge in [0, 0.05) is 19.4 Å². The first-order chi connectivity index (χ1) is 9.11. The van der Waals surface area contributed by atoms with Crippen molar-refractivity contribution in [2.24, 2.45) is 7.05 Å². The lowest BCUT2D eigenvalue weighted by Crippen LogP contribution is -2.21. The van der Waals surface area contributed by atoms with E-state index in [0.29, 0.717) is 0 Å². The molecule has 0 saturated carbocycles. The molecule has 0 bridgehead atoms. The number of ether oxygens (including phenoxy) is 1. The number of hydrogen-bond donors (Lipinski definition) is 1. The van der Waals surface area contributed by atoms with Crippen LogP contribution in [-0.2, 0) is 7.05 Å². The van der Waals surface area contributed by atoms with Gasteiger partial charge in [-0.1, -0.05) is 12.1 Å². The number of hydrogen-bond acceptors (Lipinski definition) is 3. The highest BCUT2D eigenvalue weighted by atomic mass is 19.3. The molecule has 0 radical (unpaired) electrons. The molecule has 1 heterocycles. The molecule has 1 aromatic carbocycles. The Hall–Kier alpha value is -1.95. The van der Waals surface area contributed by atoms with Gasteiger partial charge in [0.05, 0.1) is 6.04 Å². The van der Waals surface area contributed by atoms with Crippen LogP contribution in [0.3, 0.4) is 0 Å². The van der Waals surface area contributed by atoms with E-state index in [0.717, 1.165) is 11.4 Å². The molecular weight excluding hydrogens is 252 g/mol. The summed E-state index contributed by atoms with van der Waals surface area (Å²) in [6.45, 7) is -2.82. The lowest BCUT2D eigenvalue weighted by atomic mass is 10.1. The summed E-state index contributed by atoms with van der Waals surface area (Å²) in [5.41, 5.74) is 0.815. The second-order valence-corrected chi connectivity index (χ2v) is 4.07. The van der Waals surface area contributed by atoms with Crippen LogP contribution < -0.4 is 10.1 Å². The van der Waals surface area contributed by atoms with Crippen LogP contribution in [0.4, 0.5) is 8.78 Å². The number of nitrogens with one attached hydrogen (secondary N) is 1. The summed E-state index contributed by atoms with van der Waals surface area (Å²) in [5, 5.41) is 3.12. The van der Waals surface area contributed by atoms with E-state index in [1.54, 1.807) is 25.4 Å². The van der Waals surface area contributed by atoms with E-state index < -0.39 is 6.61 Å². The van der Waals surface area contributed by atoms with Crippen molar-refractivity contribution in [3.05, 3.63) is 48.0 Å². The molecular formula is C13H15F2N3O. The first kappa shape index (κ1) is 13.5. The molecule has 0 aliphatic rings. The summed E-state index contributed by atoms with van der Waals surface area (Å²) in [6, 6.07) is 6.43. The molecule has 1 N–H and O–H groups in total. The van der Waals surface area contributed by atoms with E-state index in [4.69, 9.17) is 0 Å². The molecule has 102 valence electrons. The molecule has 2 aromatic rings. The molecule has 1 aromatic heterocycles. The quantitative estimate of drug-likeness (QED) is 0.903. The minimum absolute atomic E-state index is 0.141. The maximum atomic E-state index is 12.2. The maximum Gasteiger partial charge on any atom is 0.387 e. The van der Waals surface area contributed by atoms with Crippen LogP contribution in [0.1, 0.15) is 17.4 Å². The average Bonchev–Trinajstić information content (AvgIpc) is 2.77. The second-order valence-electron chi connectivity index (χ2n) is 4.07. The maximum absolute atomic E-state index is 12.2. The van der Waals surface area contributed by atoms with Gasteiger partial charge in [0.25, 0.3) is 0 Å². The normalized spacial score (nSPS) is 12.7. The van der Waals surface area contributed by atoms with Gasteiger partial charge >= 0.3 is 6.61 Å². The molecule has 0 spiro atoms. The fourth-order valence-corrected chi connectivity index (χ4v) is 1.97. The highest BCUT2D eigenvalue weighted by Crippen LogP contribution is 2.24. The van der Waals surface area contributed by atoms with Crippen molar-refractivity contribution in [3.8, 4) is 5.75 Å². The predicted molar refractivity (Wildman–Crippen MR) is 67.2 cm³/mol. The lowest BCUT2D eigenvalue weighted by Gasteiger charge is -2.17. The van der Waals surface area contributed by atoms with E-state index >= 15 is 0 Å². The van der Waals surface area contributed by atoms with Gasteiger partial charge in [-0.25, -0.2) is 4.98 Å². The number of nitrogens with zero attached hydrogens (tertiary/aromatic N) is 2. The molecule has 6 heteroatoms. The van der Waals surface area contributed by atoms with Crippen molar-refractivity contribution in [2.75, 3.05) is 7.05 Å². The van der Waals surface area contributed by atoms with Gasteiger partial charge in [-0.15, -0.1) is 0 Å². The van der Waals surface area contributed by atoms with Crippen molar-refractivity contribution in [2.45, 2.75) is 12.7 Å². The molecule has 0 aliphatic carbocycles. The van der Waals surface area contributed by atoms with Crippen LogP contribution in [0.15, 0.2) is 36.7 Å². The van der Waals surface area contributed by atoms with Gasteiger partial charge in [0.15, 0.2) is 0 Å². The van der Waals surface area contributed by atoms with Crippen LogP contribution in [-0.4, -0.2) is 23.2 Å². The fraction of sp³-hybridized carbons (Fsp3) is 0.308. The predicted octanol–water partition coefficient (Wildman–Crippen LogP) is 2.33. The fourth-order valence-electron chi connectivity index (χ4n) is 1.97. The highest BCUT2D eigenvalue weighted by molar-refractivity contribution is 5.33. The monoisotopic (exact) mass is 267 g/mol. The average molecular weight is 267 g/mol. The zero-order valence-corrected chi connectivity index (χ0v) is 10.7. The lowest BCUT2D eigenvalue weighted by molar-refractivity contribution is -0.0498. The molecule has 19 heavy (non-hydrogen) atoms. The second kappa shape index (κ2) is 5.79. The Labute approximate surface area is 110 Å². The number of alkyl halides is 2. The largest absolute Gasteiger partial charge is 0.435 e. The minimum Gasteiger partial charge on any atom is -0.435 e. The SMILES string of the molecule is CNC(c1cccc(OC(F)F)c1)c1nccn1C. The topological polar surface area (TPSA) is 39.1 Å². The summed E-state index contributed by atoms with van der Waals surface area (Å²) in [5.74, 6) is 0.943. The summed E-state index contributed by atoms with van der Waals surface area (Å²) in [6.07, 6.45) is 3.53. The van der Waals surface area contributed by atoms with E-state index in [9.17, 15) is 8.78 Å². The Morgan fingerprint density at radius 2 is 2.16 bits per heavy atom. The Morgan fingerprint density at radius 3 is 2.74 bits per heavy atom. The molecule has 0 fully saturated rings. The third-order valence-corrected chi connectivity index (χ3v) is 2.82. The van der Waals surface area contributed by atoms with Gasteiger partial charge in [0.1, 0.15) is 11.6 Å². The summed E-state index contributed by atoms with van der Waals surface area (Å²) >= 11 is 0. The van der Waals surface area contributed by atoms with Crippen LogP contribution in [0, 0.1) is 0 Å². The molecule has 1 atom stereocenters. The van der Waals surface area contributed by atoms with E-state index in [-0.39, 0.29) is 11.8 Å². The van der Waals surface area contributed by atoms with Crippen LogP contribution in [0.5, 0.6) is 5.75 Å². The van der Waals surface area contributed by atoms with Crippen molar-refractivity contribution in [1.29, 1.82) is 0 Å². The van der Waals surface area contributed by atoms with Gasteiger partial charge in [-0.3, -0.25) is 0 Å². The van der Waals surface area contributed by atoms with Crippen LogP contribution in [0.2, 0.25) is 0 Å². The molecule has 2 rings (SSSR count). The van der Waals surface area contributed by atoms with Crippen LogP contribution >= 0.6 is 0 Å². The number of aryl methyl sites for hydroxylation is 1. The van der Waals surface area contributed by atoms with E-state index in [2.05, 4.69) is 15.0 Å². The van der Waals surface area contributed by atoms with Gasteiger partial charge < -0.3 is 14.6 Å². The van der Waals surface area contributed by atoms with Crippen molar-refractivity contribution < 1.29 is 13.5 Å². The summed E-state index contributed by atoms with van der Waals surface area (Å²) < 4.78 is 30.7. The number of benzene rings is 1. The van der Waals surface area contributed by atoms with Gasteiger partial charge in [-0.2, -0.15) is 8.78 Å². The van der Waals surface area contributed by atoms with Gasteiger partial charge in [0.2, 0.25) is 0 Å². The minimum atomic E-state index is -2.82. The van der Waals surface area contributed by atoms with E-state index in [1.165, 1.54) is 6.07 Å². The smallest absolute Gasteiger partial charge is 0.387 e. The van der Waals surface area contributed by atoms with Crippen molar-refractivity contribution in [1.82, 2.24) is 14.9 Å². The Kier molecular flexibility index (Phi) is 4.11. The first-order valence-electron chi connectivity index (χ1n) is 5.81. The molecule has 0 aliphatic heterocycles. The number of imidazole rings is 1. The zero-order valence-electron chi connectivity index (χ0n) is 10.7. The van der Waals surface area contributed by atoms with Crippen molar-refractivity contribution >= 4 is 0 Å². The number of aromatic nitrogens is 2.